The van der Waals surface area contributed by atoms with E-state index in [2.05, 4.69) is 0 Å². The Kier molecular flexibility index (Phi) is 6.04. The molecule has 2 rings (SSSR count). The number of thioether (sulfide) groups is 1. The van der Waals surface area contributed by atoms with E-state index in [1.165, 1.54) is 0 Å². The topological polar surface area (TPSA) is 116 Å². The van der Waals surface area contributed by atoms with Gasteiger partial charge in [0.2, 0.25) is 0 Å². The highest BCUT2D eigenvalue weighted by atomic mass is 32.2. The standard InChI is InChI=1S/C13H19O7PS/c1-8-10(14)11(15)12(16)13(22-8)20-21(17,18)19-7-9-5-3-2-4-6-9/h2-6,8,10-16H,7H2,1H3,(H,17,18). The SMILES string of the molecule is CC1SC(OP(=O)(O)OCc2ccccc2)C(O)C(O)C1O. The van der Waals surface area contributed by atoms with E-state index < -0.39 is 36.8 Å². The van der Waals surface area contributed by atoms with Crippen LogP contribution in [0.5, 0.6) is 0 Å². The molecule has 0 amide bonds. The van der Waals surface area contributed by atoms with Crippen molar-refractivity contribution in [1.82, 2.24) is 0 Å². The van der Waals surface area contributed by atoms with Gasteiger partial charge in [0, 0.05) is 5.25 Å². The lowest BCUT2D eigenvalue weighted by Gasteiger charge is -2.38. The van der Waals surface area contributed by atoms with E-state index in [1.54, 1.807) is 31.2 Å². The molecule has 1 aromatic carbocycles. The van der Waals surface area contributed by atoms with Crippen molar-refractivity contribution >= 4 is 19.6 Å². The molecule has 0 aliphatic carbocycles. The average Bonchev–Trinajstić information content (AvgIpc) is 2.49. The molecule has 4 N–H and O–H groups in total. The van der Waals surface area contributed by atoms with Crippen LogP contribution in [-0.4, -0.2) is 49.2 Å². The molecule has 1 aromatic rings. The van der Waals surface area contributed by atoms with Crippen molar-refractivity contribution in [3.8, 4) is 0 Å². The number of phosphoric acid groups is 1. The fraction of sp³-hybridized carbons (Fsp3) is 0.538. The third-order valence-electron chi connectivity index (χ3n) is 3.28. The summed E-state index contributed by atoms with van der Waals surface area (Å²) >= 11 is 0.960. The zero-order valence-electron chi connectivity index (χ0n) is 11.8. The summed E-state index contributed by atoms with van der Waals surface area (Å²) in [6.07, 6.45) is -4.07. The molecule has 124 valence electrons. The second kappa shape index (κ2) is 7.42. The molecule has 0 bridgehead atoms. The van der Waals surface area contributed by atoms with Crippen LogP contribution in [-0.2, 0) is 20.2 Å². The van der Waals surface area contributed by atoms with Gasteiger partial charge in [-0.1, -0.05) is 37.3 Å². The molecular formula is C13H19O7PS. The Morgan fingerprint density at radius 2 is 1.77 bits per heavy atom. The molecule has 1 saturated heterocycles. The Hall–Kier alpha value is -0.440. The molecule has 0 saturated carbocycles. The lowest BCUT2D eigenvalue weighted by molar-refractivity contribution is -0.0904. The monoisotopic (exact) mass is 350 g/mol. The van der Waals surface area contributed by atoms with Crippen LogP contribution in [0.4, 0.5) is 0 Å². The third kappa shape index (κ3) is 4.53. The predicted octanol–water partition coefficient (Wildman–Crippen LogP) is 0.864. The molecule has 6 atom stereocenters. The number of hydrogen-bond acceptors (Lipinski definition) is 7. The first-order valence-corrected chi connectivity index (χ1v) is 9.13. The Bertz CT molecular complexity index is 528. The van der Waals surface area contributed by atoms with Crippen molar-refractivity contribution in [2.75, 3.05) is 0 Å². The van der Waals surface area contributed by atoms with Crippen molar-refractivity contribution in [2.24, 2.45) is 0 Å². The highest BCUT2D eigenvalue weighted by Gasteiger charge is 2.45. The maximum atomic E-state index is 11.9. The van der Waals surface area contributed by atoms with Crippen molar-refractivity contribution in [2.45, 2.75) is 42.5 Å². The maximum Gasteiger partial charge on any atom is 0.473 e. The van der Waals surface area contributed by atoms with Gasteiger partial charge >= 0.3 is 7.82 Å². The first kappa shape index (κ1) is 17.9. The summed E-state index contributed by atoms with van der Waals surface area (Å²) in [6.45, 7) is 1.50. The fourth-order valence-corrected chi connectivity index (χ4v) is 4.35. The van der Waals surface area contributed by atoms with Crippen molar-refractivity contribution in [3.05, 3.63) is 35.9 Å². The molecule has 1 aliphatic heterocycles. The molecule has 0 spiro atoms. The number of phosphoric ester groups is 1. The minimum Gasteiger partial charge on any atom is -0.389 e. The highest BCUT2D eigenvalue weighted by Crippen LogP contribution is 2.49. The van der Waals surface area contributed by atoms with Crippen LogP contribution in [0.3, 0.4) is 0 Å². The molecule has 1 fully saturated rings. The Morgan fingerprint density at radius 3 is 2.41 bits per heavy atom. The zero-order chi connectivity index (χ0) is 16.3. The fourth-order valence-electron chi connectivity index (χ4n) is 1.99. The number of aliphatic hydroxyl groups is 3. The first-order chi connectivity index (χ1) is 10.3. The zero-order valence-corrected chi connectivity index (χ0v) is 13.6. The van der Waals surface area contributed by atoms with Gasteiger partial charge in [0.05, 0.1) is 12.7 Å². The molecule has 0 radical (unpaired) electrons. The van der Waals surface area contributed by atoms with Crippen molar-refractivity contribution in [1.29, 1.82) is 0 Å². The molecule has 1 aliphatic rings. The van der Waals surface area contributed by atoms with Crippen molar-refractivity contribution in [3.63, 3.8) is 0 Å². The van der Waals surface area contributed by atoms with Gasteiger partial charge in [-0.05, 0) is 5.56 Å². The summed E-state index contributed by atoms with van der Waals surface area (Å²) in [5.74, 6) is 0. The molecule has 0 aromatic heterocycles. The molecule has 7 nitrogen and oxygen atoms in total. The van der Waals surface area contributed by atoms with Crippen LogP contribution >= 0.6 is 19.6 Å². The Balaban J connectivity index is 1.94. The van der Waals surface area contributed by atoms with Gasteiger partial charge in [-0.15, -0.1) is 11.8 Å². The van der Waals surface area contributed by atoms with E-state index in [4.69, 9.17) is 9.05 Å². The van der Waals surface area contributed by atoms with Crippen LogP contribution in [0.1, 0.15) is 12.5 Å². The maximum absolute atomic E-state index is 11.9. The minimum atomic E-state index is -4.41. The number of aliphatic hydroxyl groups excluding tert-OH is 3. The molecule has 22 heavy (non-hydrogen) atoms. The smallest absolute Gasteiger partial charge is 0.389 e. The quantitative estimate of drug-likeness (QED) is 0.578. The second-order valence-corrected chi connectivity index (χ2v) is 7.90. The van der Waals surface area contributed by atoms with E-state index in [9.17, 15) is 24.8 Å². The summed E-state index contributed by atoms with van der Waals surface area (Å²) in [6, 6.07) is 8.80. The summed E-state index contributed by atoms with van der Waals surface area (Å²) in [5, 5.41) is 28.7. The average molecular weight is 350 g/mol. The van der Waals surface area contributed by atoms with Gasteiger partial charge in [0.1, 0.15) is 17.6 Å². The molecule has 1 heterocycles. The highest BCUT2D eigenvalue weighted by molar-refractivity contribution is 8.00. The summed E-state index contributed by atoms with van der Waals surface area (Å²) in [4.78, 5) is 9.73. The van der Waals surface area contributed by atoms with Crippen molar-refractivity contribution < 1.29 is 33.8 Å². The Morgan fingerprint density at radius 1 is 1.14 bits per heavy atom. The third-order valence-corrected chi connectivity index (χ3v) is 5.73. The van der Waals surface area contributed by atoms with E-state index in [1.807, 2.05) is 6.07 Å². The van der Waals surface area contributed by atoms with Gasteiger partial charge < -0.3 is 20.2 Å². The van der Waals surface area contributed by atoms with E-state index in [-0.39, 0.29) is 6.61 Å². The van der Waals surface area contributed by atoms with Crippen LogP contribution in [0.15, 0.2) is 30.3 Å². The van der Waals surface area contributed by atoms with Crippen LogP contribution in [0.25, 0.3) is 0 Å². The van der Waals surface area contributed by atoms with Gasteiger partial charge in [0.15, 0.2) is 0 Å². The summed E-state index contributed by atoms with van der Waals surface area (Å²) in [7, 11) is -4.41. The van der Waals surface area contributed by atoms with Gasteiger partial charge in [-0.2, -0.15) is 0 Å². The second-order valence-electron chi connectivity index (χ2n) is 5.01. The normalized spacial score (nSPS) is 35.0. The van der Waals surface area contributed by atoms with E-state index in [0.717, 1.165) is 11.8 Å². The molecule has 6 unspecified atom stereocenters. The lowest BCUT2D eigenvalue weighted by Crippen LogP contribution is -2.52. The predicted molar refractivity (Wildman–Crippen MR) is 81.0 cm³/mol. The van der Waals surface area contributed by atoms with Crippen LogP contribution < -0.4 is 0 Å². The van der Waals surface area contributed by atoms with E-state index >= 15 is 0 Å². The number of benzene rings is 1. The summed E-state index contributed by atoms with van der Waals surface area (Å²) in [5.41, 5.74) is -0.471. The first-order valence-electron chi connectivity index (χ1n) is 6.69. The molecular weight excluding hydrogens is 331 g/mol. The number of rotatable bonds is 5. The Labute approximate surface area is 132 Å². The van der Waals surface area contributed by atoms with Crippen LogP contribution in [0.2, 0.25) is 0 Å². The lowest BCUT2D eigenvalue weighted by atomic mass is 10.1. The largest absolute Gasteiger partial charge is 0.473 e. The van der Waals surface area contributed by atoms with E-state index in [0.29, 0.717) is 5.56 Å². The summed E-state index contributed by atoms with van der Waals surface area (Å²) < 4.78 is 21.8. The van der Waals surface area contributed by atoms with Gasteiger partial charge in [0.25, 0.3) is 0 Å². The van der Waals surface area contributed by atoms with Gasteiger partial charge in [-0.25, -0.2) is 4.57 Å². The van der Waals surface area contributed by atoms with Gasteiger partial charge in [-0.3, -0.25) is 9.05 Å². The molecule has 9 heteroatoms. The number of hydrogen-bond donors (Lipinski definition) is 4. The van der Waals surface area contributed by atoms with Crippen LogP contribution in [0, 0.1) is 0 Å². The minimum absolute atomic E-state index is 0.122.